The predicted octanol–water partition coefficient (Wildman–Crippen LogP) is 0.955. The van der Waals surface area contributed by atoms with E-state index >= 15 is 0 Å². The quantitative estimate of drug-likeness (QED) is 0.432. The molecule has 1 fully saturated rings. The number of rotatable bonds is 6. The molecule has 0 spiro atoms. The van der Waals surface area contributed by atoms with E-state index in [0.717, 1.165) is 0 Å². The highest BCUT2D eigenvalue weighted by Gasteiger charge is 2.30. The van der Waals surface area contributed by atoms with Crippen molar-refractivity contribution in [2.24, 2.45) is 0 Å². The third-order valence-corrected chi connectivity index (χ3v) is 2.82. The minimum absolute atomic E-state index is 0.0111. The van der Waals surface area contributed by atoms with Crippen LogP contribution in [0.5, 0.6) is 0 Å². The minimum Gasteiger partial charge on any atom is -0.481 e. The second-order valence-corrected chi connectivity index (χ2v) is 4.65. The Hall–Kier alpha value is -1.06. The molecule has 0 unspecified atom stereocenters. The van der Waals surface area contributed by atoms with Crippen LogP contribution < -0.4 is 0 Å². The first-order chi connectivity index (χ1) is 7.99. The molecule has 1 aliphatic rings. The van der Waals surface area contributed by atoms with Gasteiger partial charge >= 0.3 is 18.0 Å². The monoisotopic (exact) mass is 357 g/mol. The summed E-state index contributed by atoms with van der Waals surface area (Å²) in [6.45, 7) is 0.388. The van der Waals surface area contributed by atoms with Crippen molar-refractivity contribution in [1.82, 2.24) is 3.11 Å². The number of aliphatic carboxylic acids is 1. The molecule has 17 heavy (non-hydrogen) atoms. The molecule has 1 saturated heterocycles. The summed E-state index contributed by atoms with van der Waals surface area (Å²) >= 11 is 1.81. The molecule has 1 amide bonds. The van der Waals surface area contributed by atoms with Gasteiger partial charge in [0.05, 0.1) is 29.4 Å². The predicted molar refractivity (Wildman–Crippen MR) is 63.4 cm³/mol. The van der Waals surface area contributed by atoms with Gasteiger partial charge in [-0.1, -0.05) is 0 Å². The molecular formula is C9H12INO6. The van der Waals surface area contributed by atoms with Gasteiger partial charge in [0.25, 0.3) is 0 Å². The number of carboxylic acids is 1. The maximum absolute atomic E-state index is 11.2. The number of hydrogen-bond donors (Lipinski definition) is 1. The van der Waals surface area contributed by atoms with Crippen LogP contribution in [0.25, 0.3) is 0 Å². The Morgan fingerprint density at radius 3 is 2.76 bits per heavy atom. The lowest BCUT2D eigenvalue weighted by Gasteiger charge is -2.08. The van der Waals surface area contributed by atoms with Crippen molar-refractivity contribution >= 4 is 40.9 Å². The van der Waals surface area contributed by atoms with E-state index in [2.05, 4.69) is 0 Å². The van der Waals surface area contributed by atoms with Gasteiger partial charge < -0.3 is 14.6 Å². The van der Waals surface area contributed by atoms with E-state index in [0.29, 0.717) is 6.54 Å². The molecule has 7 nitrogen and oxygen atoms in total. The number of carbonyl (C=O) groups is 3. The zero-order valence-corrected chi connectivity index (χ0v) is 11.1. The first-order valence-electron chi connectivity index (χ1n) is 5.00. The van der Waals surface area contributed by atoms with Crippen molar-refractivity contribution < 1.29 is 29.0 Å². The zero-order chi connectivity index (χ0) is 12.8. The number of ether oxygens (including phenoxy) is 2. The smallest absolute Gasteiger partial charge is 0.419 e. The first kappa shape index (κ1) is 14.0. The zero-order valence-electron chi connectivity index (χ0n) is 8.93. The maximum atomic E-state index is 11.2. The average molecular weight is 357 g/mol. The van der Waals surface area contributed by atoms with E-state index in [1.54, 1.807) is 0 Å². The van der Waals surface area contributed by atoms with E-state index < -0.39 is 24.1 Å². The standard InChI is InChI=1S/C9H12INO6/c10-11-4-6(17-9(11)15)5-16-8(14)3-1-2-7(12)13/h6H,1-5H2,(H,12,13)/t6-/m0/s1. The van der Waals surface area contributed by atoms with Crippen molar-refractivity contribution in [3.63, 3.8) is 0 Å². The molecule has 0 aromatic rings. The van der Waals surface area contributed by atoms with Crippen LogP contribution in [0.3, 0.4) is 0 Å². The molecule has 0 aromatic heterocycles. The number of cyclic esters (lactones) is 1. The number of hydrogen-bond acceptors (Lipinski definition) is 5. The van der Waals surface area contributed by atoms with Gasteiger partial charge in [-0.05, 0) is 6.42 Å². The van der Waals surface area contributed by atoms with Gasteiger partial charge in [-0.15, -0.1) is 0 Å². The number of halogens is 1. The lowest BCUT2D eigenvalue weighted by molar-refractivity contribution is -0.146. The van der Waals surface area contributed by atoms with Crippen molar-refractivity contribution in [1.29, 1.82) is 0 Å². The van der Waals surface area contributed by atoms with Crippen LogP contribution in [-0.2, 0) is 19.1 Å². The largest absolute Gasteiger partial charge is 0.481 e. The summed E-state index contributed by atoms with van der Waals surface area (Å²) in [7, 11) is 0. The maximum Gasteiger partial charge on any atom is 0.419 e. The molecule has 1 atom stereocenters. The van der Waals surface area contributed by atoms with Crippen LogP contribution in [0.4, 0.5) is 4.79 Å². The molecule has 1 heterocycles. The van der Waals surface area contributed by atoms with Gasteiger partial charge in [0.1, 0.15) is 6.61 Å². The SMILES string of the molecule is O=C(O)CCCC(=O)OC[C@@H]1CN(I)C(=O)O1. The molecule has 1 aliphatic heterocycles. The fourth-order valence-electron chi connectivity index (χ4n) is 1.22. The number of carboxylic acid groups (broad SMARTS) is 1. The molecule has 1 rings (SSSR count). The van der Waals surface area contributed by atoms with E-state index in [-0.39, 0.29) is 25.9 Å². The Labute approximate surface area is 112 Å². The summed E-state index contributed by atoms with van der Waals surface area (Å²) in [5, 5.41) is 8.37. The van der Waals surface area contributed by atoms with Crippen LogP contribution in [0.1, 0.15) is 19.3 Å². The van der Waals surface area contributed by atoms with Gasteiger partial charge in [-0.25, -0.2) is 7.91 Å². The third kappa shape index (κ3) is 5.20. The van der Waals surface area contributed by atoms with Crippen molar-refractivity contribution in [2.75, 3.05) is 13.2 Å². The summed E-state index contributed by atoms with van der Waals surface area (Å²) in [6, 6.07) is 0. The van der Waals surface area contributed by atoms with E-state index in [1.165, 1.54) is 3.11 Å². The third-order valence-electron chi connectivity index (χ3n) is 2.03. The fourth-order valence-corrected chi connectivity index (χ4v) is 1.77. The Morgan fingerprint density at radius 1 is 1.53 bits per heavy atom. The molecule has 0 aromatic carbocycles. The van der Waals surface area contributed by atoms with Crippen LogP contribution in [0.2, 0.25) is 0 Å². The Bertz CT molecular complexity index is 321. The summed E-state index contributed by atoms with van der Waals surface area (Å²) < 4.78 is 11.1. The number of nitrogens with zero attached hydrogens (tertiary/aromatic N) is 1. The highest BCUT2D eigenvalue weighted by atomic mass is 127. The number of amides is 1. The van der Waals surface area contributed by atoms with Crippen molar-refractivity contribution in [3.8, 4) is 0 Å². The van der Waals surface area contributed by atoms with E-state index in [1.807, 2.05) is 22.9 Å². The number of esters is 1. The second kappa shape index (κ2) is 6.62. The molecule has 8 heteroatoms. The van der Waals surface area contributed by atoms with Gasteiger partial charge in [-0.2, -0.15) is 0 Å². The van der Waals surface area contributed by atoms with E-state index in [4.69, 9.17) is 14.6 Å². The Balaban J connectivity index is 2.12. The van der Waals surface area contributed by atoms with Gasteiger partial charge in [0, 0.05) is 12.8 Å². The average Bonchev–Trinajstić information content (AvgIpc) is 2.55. The van der Waals surface area contributed by atoms with Gasteiger partial charge in [0.2, 0.25) is 0 Å². The lowest BCUT2D eigenvalue weighted by atomic mass is 10.2. The molecule has 0 saturated carbocycles. The fraction of sp³-hybridized carbons (Fsp3) is 0.667. The number of carbonyl (C=O) groups excluding carboxylic acids is 2. The highest BCUT2D eigenvalue weighted by molar-refractivity contribution is 14.1. The van der Waals surface area contributed by atoms with Crippen LogP contribution in [-0.4, -0.2) is 45.5 Å². The summed E-state index contributed by atoms with van der Waals surface area (Å²) in [4.78, 5) is 32.3. The highest BCUT2D eigenvalue weighted by Crippen LogP contribution is 2.15. The normalized spacial score (nSPS) is 19.0. The first-order valence-corrected chi connectivity index (χ1v) is 5.97. The molecule has 96 valence electrons. The molecular weight excluding hydrogens is 345 g/mol. The second-order valence-electron chi connectivity index (χ2n) is 3.48. The van der Waals surface area contributed by atoms with Crippen LogP contribution in [0.15, 0.2) is 0 Å². The molecule has 0 bridgehead atoms. The minimum atomic E-state index is -0.942. The van der Waals surface area contributed by atoms with Crippen LogP contribution in [0, 0.1) is 0 Å². The summed E-state index contributed by atoms with van der Waals surface area (Å²) in [6.07, 6.45) is -0.646. The topological polar surface area (TPSA) is 93.1 Å². The van der Waals surface area contributed by atoms with Crippen LogP contribution >= 0.6 is 22.9 Å². The Morgan fingerprint density at radius 2 is 2.24 bits per heavy atom. The molecule has 0 aliphatic carbocycles. The molecule has 1 N–H and O–H groups in total. The van der Waals surface area contributed by atoms with Crippen molar-refractivity contribution in [3.05, 3.63) is 0 Å². The lowest BCUT2D eigenvalue weighted by Crippen LogP contribution is -2.21. The van der Waals surface area contributed by atoms with Gasteiger partial charge in [0.15, 0.2) is 6.10 Å². The summed E-state index contributed by atoms with van der Waals surface area (Å²) in [5.41, 5.74) is 0. The van der Waals surface area contributed by atoms with Crippen molar-refractivity contribution in [2.45, 2.75) is 25.4 Å². The van der Waals surface area contributed by atoms with Gasteiger partial charge in [-0.3, -0.25) is 9.59 Å². The Kier molecular flexibility index (Phi) is 5.45. The van der Waals surface area contributed by atoms with E-state index in [9.17, 15) is 14.4 Å². The molecule has 0 radical (unpaired) electrons. The summed E-state index contributed by atoms with van der Waals surface area (Å²) in [5.74, 6) is -1.42.